The maximum atomic E-state index is 13.6. The van der Waals surface area contributed by atoms with Crippen molar-refractivity contribution >= 4 is 6.09 Å². The topological polar surface area (TPSA) is 38.8 Å². The van der Waals surface area contributed by atoms with Crippen LogP contribution in [0.5, 0.6) is 0 Å². The average Bonchev–Trinajstić information content (AvgIpc) is 3.52. The van der Waals surface area contributed by atoms with Crippen LogP contribution in [-0.4, -0.2) is 30.2 Å². The van der Waals surface area contributed by atoms with E-state index in [1.54, 1.807) is 0 Å². The first kappa shape index (κ1) is 32.0. The summed E-state index contributed by atoms with van der Waals surface area (Å²) in [5, 5.41) is 0. The number of hydrogen-bond donors (Lipinski definition) is 0. The largest absolute Gasteiger partial charge is 0.439 e. The summed E-state index contributed by atoms with van der Waals surface area (Å²) in [6.07, 6.45) is -14.6. The highest BCUT2D eigenvalue weighted by molar-refractivity contribution is 5.71. The lowest BCUT2D eigenvalue weighted by molar-refractivity contribution is -0.143. The van der Waals surface area contributed by atoms with Crippen LogP contribution in [0.15, 0.2) is 36.4 Å². The van der Waals surface area contributed by atoms with Crippen LogP contribution in [0.3, 0.4) is 0 Å². The van der Waals surface area contributed by atoms with Gasteiger partial charge in [-0.2, -0.15) is 39.5 Å². The van der Waals surface area contributed by atoms with Gasteiger partial charge in [-0.25, -0.2) is 4.79 Å². The summed E-state index contributed by atoms with van der Waals surface area (Å²) in [5.41, 5.74) is -3.86. The van der Waals surface area contributed by atoms with Crippen molar-refractivity contribution in [2.24, 2.45) is 11.8 Å². The number of nitrogens with zero attached hydrogens (tertiary/aromatic N) is 1. The van der Waals surface area contributed by atoms with Crippen LogP contribution in [0.4, 0.5) is 44.3 Å². The van der Waals surface area contributed by atoms with E-state index in [-0.39, 0.29) is 24.1 Å². The van der Waals surface area contributed by atoms with Crippen LogP contribution in [0.2, 0.25) is 0 Å². The maximum absolute atomic E-state index is 13.6. The highest BCUT2D eigenvalue weighted by Gasteiger charge is 2.43. The predicted molar refractivity (Wildman–Crippen MR) is 133 cm³/mol. The lowest BCUT2D eigenvalue weighted by atomic mass is 9.84. The van der Waals surface area contributed by atoms with E-state index in [1.165, 1.54) is 13.0 Å². The Morgan fingerprint density at radius 3 is 2.02 bits per heavy atom. The minimum atomic E-state index is -5.10. The number of hydrogen-bond acceptors (Lipinski definition) is 3. The standard InChI is InChI=1S/C29H30F9NO3/c1-3-17(19-8-9-41-15-19)4-5-18-6-7-22(27(30,31)32)12-21(18)14-39-16(2)25(42-26(39)40)20-10-23(28(33,34)35)13-24(11-20)29(36,37)38/h6-7,10-13,16-17,19,25H,3-5,8-9,14-15H2,1-2H3/t16?,17?,19?,25-/m0/s1. The molecule has 2 aromatic rings. The number of benzene rings is 2. The minimum Gasteiger partial charge on any atom is -0.439 e. The van der Waals surface area contributed by atoms with E-state index in [0.29, 0.717) is 49.7 Å². The molecular weight excluding hydrogens is 581 g/mol. The second kappa shape index (κ2) is 12.0. The molecule has 232 valence electrons. The van der Waals surface area contributed by atoms with Crippen molar-refractivity contribution in [2.45, 2.75) is 76.8 Å². The molecule has 4 nitrogen and oxygen atoms in total. The molecule has 2 aliphatic heterocycles. The van der Waals surface area contributed by atoms with E-state index in [1.807, 2.05) is 6.92 Å². The molecule has 0 saturated carbocycles. The van der Waals surface area contributed by atoms with Gasteiger partial charge in [-0.05, 0) is 85.0 Å². The van der Waals surface area contributed by atoms with Crippen molar-refractivity contribution in [3.05, 3.63) is 69.8 Å². The molecule has 0 bridgehead atoms. The zero-order valence-corrected chi connectivity index (χ0v) is 22.8. The fourth-order valence-corrected chi connectivity index (χ4v) is 5.72. The lowest BCUT2D eigenvalue weighted by Crippen LogP contribution is -2.32. The molecule has 2 heterocycles. The predicted octanol–water partition coefficient (Wildman–Crippen LogP) is 8.82. The molecule has 2 saturated heterocycles. The monoisotopic (exact) mass is 611 g/mol. The molecule has 2 aliphatic rings. The first-order valence-corrected chi connectivity index (χ1v) is 13.5. The minimum absolute atomic E-state index is 0.0289. The van der Waals surface area contributed by atoms with Crippen LogP contribution < -0.4 is 0 Å². The zero-order valence-electron chi connectivity index (χ0n) is 22.8. The summed E-state index contributed by atoms with van der Waals surface area (Å²) in [6, 6.07) is 3.09. The van der Waals surface area contributed by atoms with E-state index in [4.69, 9.17) is 9.47 Å². The number of aryl methyl sites for hydroxylation is 1. The van der Waals surface area contributed by atoms with E-state index in [9.17, 15) is 44.3 Å². The van der Waals surface area contributed by atoms with Crippen molar-refractivity contribution in [3.63, 3.8) is 0 Å². The van der Waals surface area contributed by atoms with E-state index in [2.05, 4.69) is 0 Å². The van der Waals surface area contributed by atoms with Crippen molar-refractivity contribution < 1.29 is 53.8 Å². The van der Waals surface area contributed by atoms with E-state index in [0.717, 1.165) is 29.9 Å². The van der Waals surface area contributed by atoms with Crippen molar-refractivity contribution in [2.75, 3.05) is 13.2 Å². The van der Waals surface area contributed by atoms with Gasteiger partial charge in [0, 0.05) is 19.8 Å². The molecule has 0 N–H and O–H groups in total. The molecule has 13 heteroatoms. The Balaban J connectivity index is 1.63. The summed E-state index contributed by atoms with van der Waals surface area (Å²) < 4.78 is 132. The fourth-order valence-electron chi connectivity index (χ4n) is 5.72. The summed E-state index contributed by atoms with van der Waals surface area (Å²) in [5.74, 6) is 0.600. The first-order valence-electron chi connectivity index (χ1n) is 13.5. The van der Waals surface area contributed by atoms with Crippen molar-refractivity contribution in [3.8, 4) is 0 Å². The van der Waals surface area contributed by atoms with Crippen LogP contribution in [-0.2, 0) is 41.0 Å². The Morgan fingerprint density at radius 1 is 0.881 bits per heavy atom. The third-order valence-corrected chi connectivity index (χ3v) is 8.15. The first-order chi connectivity index (χ1) is 19.5. The van der Waals surface area contributed by atoms with Gasteiger partial charge in [-0.15, -0.1) is 0 Å². The Hall–Kier alpha value is -2.96. The molecule has 0 aliphatic carbocycles. The number of rotatable bonds is 8. The molecule has 0 spiro atoms. The smallest absolute Gasteiger partial charge is 0.416 e. The number of alkyl halides is 9. The average molecular weight is 612 g/mol. The Labute approximate surface area is 236 Å². The van der Waals surface area contributed by atoms with E-state index < -0.39 is 59.0 Å². The molecule has 0 aromatic heterocycles. The van der Waals surface area contributed by atoms with Gasteiger partial charge in [-0.1, -0.05) is 19.4 Å². The molecule has 4 atom stereocenters. The molecular formula is C29H30F9NO3. The van der Waals surface area contributed by atoms with Crippen molar-refractivity contribution in [1.82, 2.24) is 4.90 Å². The number of ether oxygens (including phenoxy) is 2. The molecule has 3 unspecified atom stereocenters. The molecule has 1 amide bonds. The van der Waals surface area contributed by atoms with Gasteiger partial charge in [0.25, 0.3) is 0 Å². The number of halogens is 9. The van der Waals surface area contributed by atoms with Gasteiger partial charge in [0.15, 0.2) is 0 Å². The highest BCUT2D eigenvalue weighted by Crippen LogP contribution is 2.41. The molecule has 2 aromatic carbocycles. The number of cyclic esters (lactones) is 1. The van der Waals surface area contributed by atoms with E-state index >= 15 is 0 Å². The highest BCUT2D eigenvalue weighted by atomic mass is 19.4. The number of amides is 1. The van der Waals surface area contributed by atoms with Crippen LogP contribution in [0.25, 0.3) is 0 Å². The maximum Gasteiger partial charge on any atom is 0.416 e. The lowest BCUT2D eigenvalue weighted by Gasteiger charge is -2.25. The third-order valence-electron chi connectivity index (χ3n) is 8.15. The molecule has 2 fully saturated rings. The van der Waals surface area contributed by atoms with Gasteiger partial charge in [-0.3, -0.25) is 4.90 Å². The molecule has 42 heavy (non-hydrogen) atoms. The second-order valence-corrected chi connectivity index (χ2v) is 10.8. The zero-order chi connectivity index (χ0) is 31.0. The van der Waals surface area contributed by atoms with Gasteiger partial charge < -0.3 is 9.47 Å². The molecule has 4 rings (SSSR count). The Kier molecular flexibility index (Phi) is 9.11. The van der Waals surface area contributed by atoms with Crippen LogP contribution >= 0.6 is 0 Å². The number of carbonyl (C=O) groups excluding carboxylic acids is 1. The van der Waals surface area contributed by atoms with Gasteiger partial charge in [0.2, 0.25) is 0 Å². The van der Waals surface area contributed by atoms with Gasteiger partial charge in [0.05, 0.1) is 22.7 Å². The fraction of sp³-hybridized carbons (Fsp3) is 0.552. The summed E-state index contributed by atoms with van der Waals surface area (Å²) in [6.45, 7) is 4.28. The SMILES string of the molecule is CCC(CCc1ccc(C(F)(F)F)cc1CN1C(=O)O[C@H](c2cc(C(F)(F)F)cc(C(F)(F)F)c2)C1C)C1CCOC1. The third kappa shape index (κ3) is 7.15. The Morgan fingerprint density at radius 2 is 1.50 bits per heavy atom. The summed E-state index contributed by atoms with van der Waals surface area (Å²) in [4.78, 5) is 13.9. The van der Waals surface area contributed by atoms with Crippen LogP contribution in [0.1, 0.15) is 72.6 Å². The van der Waals surface area contributed by atoms with Crippen LogP contribution in [0, 0.1) is 11.8 Å². The number of carbonyl (C=O) groups is 1. The summed E-state index contributed by atoms with van der Waals surface area (Å²) >= 11 is 0. The normalized spacial score (nSPS) is 22.5. The molecule has 0 radical (unpaired) electrons. The van der Waals surface area contributed by atoms with Crippen molar-refractivity contribution in [1.29, 1.82) is 0 Å². The van der Waals surface area contributed by atoms with Gasteiger partial charge >= 0.3 is 24.6 Å². The van der Waals surface area contributed by atoms with Gasteiger partial charge in [0.1, 0.15) is 6.10 Å². The second-order valence-electron chi connectivity index (χ2n) is 10.8. The Bertz CT molecular complexity index is 1230. The quantitative estimate of drug-likeness (QED) is 0.280. The summed E-state index contributed by atoms with van der Waals surface area (Å²) in [7, 11) is 0.